The van der Waals surface area contributed by atoms with E-state index in [0.29, 0.717) is 45.7 Å². The molecule has 33 heavy (non-hydrogen) atoms. The van der Waals surface area contributed by atoms with Gasteiger partial charge in [-0.1, -0.05) is 0 Å². The summed E-state index contributed by atoms with van der Waals surface area (Å²) in [7, 11) is 4.00. The molecule has 0 aliphatic carbocycles. The smallest absolute Gasteiger partial charge is 0.323 e. The van der Waals surface area contributed by atoms with Crippen LogP contribution in [0.4, 0.5) is 0 Å². The minimum Gasteiger partial charge on any atom is -0.468 e. The number of ether oxygens (including phenoxy) is 3. The van der Waals surface area contributed by atoms with Gasteiger partial charge in [0, 0.05) is 51.2 Å². The van der Waals surface area contributed by atoms with Gasteiger partial charge in [0.1, 0.15) is 6.04 Å². The molecule has 1 saturated heterocycles. The summed E-state index contributed by atoms with van der Waals surface area (Å²) in [6.07, 6.45) is 0.466. The van der Waals surface area contributed by atoms with Crippen LogP contribution in [0.5, 0.6) is 0 Å². The van der Waals surface area contributed by atoms with Crippen molar-refractivity contribution in [2.75, 3.05) is 73.7 Å². The van der Waals surface area contributed by atoms with Crippen LogP contribution >= 0.6 is 0 Å². The summed E-state index contributed by atoms with van der Waals surface area (Å²) in [4.78, 5) is 54.5. The highest BCUT2D eigenvalue weighted by Crippen LogP contribution is 2.13. The molecule has 1 heterocycles. The Morgan fingerprint density at radius 1 is 0.788 bits per heavy atom. The topological polar surface area (TPSA) is 118 Å². The fourth-order valence-corrected chi connectivity index (χ4v) is 3.61. The van der Waals surface area contributed by atoms with E-state index in [1.807, 2.05) is 35.5 Å². The summed E-state index contributed by atoms with van der Waals surface area (Å²) in [5.41, 5.74) is -0.362. The second-order valence-electron chi connectivity index (χ2n) is 9.12. The number of esters is 3. The maximum atomic E-state index is 12.6. The van der Waals surface area contributed by atoms with Crippen molar-refractivity contribution in [1.82, 2.24) is 20.0 Å². The van der Waals surface area contributed by atoms with Crippen LogP contribution in [0.15, 0.2) is 0 Å². The summed E-state index contributed by atoms with van der Waals surface area (Å²) in [6, 6.07) is -0.626. The van der Waals surface area contributed by atoms with Crippen LogP contribution in [0.3, 0.4) is 0 Å². The average Bonchev–Trinajstić information content (AvgIpc) is 2.84. The van der Waals surface area contributed by atoms with Crippen LogP contribution < -0.4 is 5.32 Å². The van der Waals surface area contributed by atoms with Gasteiger partial charge in [-0.25, -0.2) is 0 Å². The number of hydrogen-bond donors (Lipinski definition) is 1. The molecule has 0 spiro atoms. The van der Waals surface area contributed by atoms with Crippen LogP contribution in [-0.4, -0.2) is 124 Å². The summed E-state index contributed by atoms with van der Waals surface area (Å²) in [5.74, 6) is -1.27. The molecule has 1 fully saturated rings. The van der Waals surface area contributed by atoms with Gasteiger partial charge in [-0.2, -0.15) is 0 Å². The first-order chi connectivity index (χ1) is 15.5. The third kappa shape index (κ3) is 11.4. The molecular weight excluding hydrogens is 432 g/mol. The molecular formula is C22H40N4O7. The second kappa shape index (κ2) is 14.1. The highest BCUT2D eigenvalue weighted by Gasteiger charge is 2.30. The molecule has 1 amide bonds. The van der Waals surface area contributed by atoms with E-state index >= 15 is 0 Å². The van der Waals surface area contributed by atoms with Crippen LogP contribution in [-0.2, 0) is 33.4 Å². The minimum atomic E-state index is -0.626. The van der Waals surface area contributed by atoms with E-state index in [1.54, 1.807) is 0 Å². The van der Waals surface area contributed by atoms with Gasteiger partial charge in [-0.05, 0) is 27.2 Å². The number of rotatable bonds is 9. The van der Waals surface area contributed by atoms with Crippen LogP contribution in [0.25, 0.3) is 0 Å². The Balaban J connectivity index is 3.00. The fraction of sp³-hybridized carbons (Fsp3) is 0.818. The predicted molar refractivity (Wildman–Crippen MR) is 121 cm³/mol. The zero-order valence-corrected chi connectivity index (χ0v) is 20.8. The van der Waals surface area contributed by atoms with Crippen molar-refractivity contribution in [3.05, 3.63) is 0 Å². The average molecular weight is 473 g/mol. The van der Waals surface area contributed by atoms with Crippen LogP contribution in [0.2, 0.25) is 0 Å². The number of nitrogens with zero attached hydrogens (tertiary/aromatic N) is 3. The van der Waals surface area contributed by atoms with Crippen molar-refractivity contribution in [1.29, 1.82) is 0 Å². The molecule has 11 nitrogen and oxygen atoms in total. The zero-order valence-electron chi connectivity index (χ0n) is 20.8. The van der Waals surface area contributed by atoms with E-state index in [1.165, 1.54) is 21.3 Å². The Morgan fingerprint density at radius 3 is 1.64 bits per heavy atom. The summed E-state index contributed by atoms with van der Waals surface area (Å²) in [6.45, 7) is 9.02. The lowest BCUT2D eigenvalue weighted by Gasteiger charge is -2.31. The standard InChI is InChI=1S/C22H40N4O7/c1-22(2,3)23-18(27)8-7-17(21(30)33-6)26-13-11-24(15-19(28)31-4)9-10-25(12-14-26)16-20(29)32-5/h17H,7-16H2,1-6H3,(H,23,27). The lowest BCUT2D eigenvalue weighted by molar-refractivity contribution is -0.148. The van der Waals surface area contributed by atoms with Crippen molar-refractivity contribution >= 4 is 23.8 Å². The predicted octanol–water partition coefficient (Wildman–Crippen LogP) is -0.511. The monoisotopic (exact) mass is 472 g/mol. The van der Waals surface area contributed by atoms with Crippen molar-refractivity contribution in [3.8, 4) is 0 Å². The molecule has 190 valence electrons. The summed E-state index contributed by atoms with van der Waals surface area (Å²) >= 11 is 0. The van der Waals surface area contributed by atoms with E-state index < -0.39 is 12.0 Å². The van der Waals surface area contributed by atoms with Gasteiger partial charge in [0.25, 0.3) is 0 Å². The molecule has 0 radical (unpaired) electrons. The molecule has 0 saturated carbocycles. The van der Waals surface area contributed by atoms with E-state index in [2.05, 4.69) is 5.32 Å². The molecule has 0 aromatic rings. The third-order valence-corrected chi connectivity index (χ3v) is 5.37. The van der Waals surface area contributed by atoms with E-state index in [4.69, 9.17) is 14.2 Å². The van der Waals surface area contributed by atoms with E-state index in [0.717, 1.165) is 0 Å². The number of carbonyl (C=O) groups is 4. The quantitative estimate of drug-likeness (QED) is 0.347. The highest BCUT2D eigenvalue weighted by atomic mass is 16.5. The number of amides is 1. The SMILES string of the molecule is COC(=O)CN1CCN(CC(=O)OC)CCN(C(CCC(=O)NC(C)(C)C)C(=O)OC)CC1. The third-order valence-electron chi connectivity index (χ3n) is 5.37. The Bertz CT molecular complexity index is 636. The van der Waals surface area contributed by atoms with Crippen molar-refractivity contribution in [2.45, 2.75) is 45.2 Å². The molecule has 1 atom stereocenters. The maximum absolute atomic E-state index is 12.6. The van der Waals surface area contributed by atoms with Gasteiger partial charge in [-0.15, -0.1) is 0 Å². The fourth-order valence-electron chi connectivity index (χ4n) is 3.61. The molecule has 0 aromatic heterocycles. The van der Waals surface area contributed by atoms with Crippen molar-refractivity contribution in [2.24, 2.45) is 0 Å². The summed E-state index contributed by atoms with van der Waals surface area (Å²) in [5, 5.41) is 2.91. The lowest BCUT2D eigenvalue weighted by atomic mass is 10.1. The molecule has 1 aliphatic rings. The first-order valence-corrected chi connectivity index (χ1v) is 11.2. The first kappa shape index (κ1) is 28.8. The Labute approximate surface area is 196 Å². The number of hydrogen-bond acceptors (Lipinski definition) is 10. The molecule has 1 rings (SSSR count). The Kier molecular flexibility index (Phi) is 12.3. The molecule has 1 N–H and O–H groups in total. The molecule has 0 bridgehead atoms. The van der Waals surface area contributed by atoms with Crippen LogP contribution in [0.1, 0.15) is 33.6 Å². The van der Waals surface area contributed by atoms with Gasteiger partial charge in [0.15, 0.2) is 0 Å². The van der Waals surface area contributed by atoms with Crippen molar-refractivity contribution in [3.63, 3.8) is 0 Å². The van der Waals surface area contributed by atoms with Gasteiger partial charge >= 0.3 is 17.9 Å². The van der Waals surface area contributed by atoms with E-state index in [9.17, 15) is 19.2 Å². The van der Waals surface area contributed by atoms with Crippen molar-refractivity contribution < 1.29 is 33.4 Å². The summed E-state index contributed by atoms with van der Waals surface area (Å²) < 4.78 is 14.6. The molecule has 11 heteroatoms. The number of carbonyl (C=O) groups excluding carboxylic acids is 4. The zero-order chi connectivity index (χ0) is 25.0. The van der Waals surface area contributed by atoms with Gasteiger partial charge in [0.05, 0.1) is 34.4 Å². The highest BCUT2D eigenvalue weighted by molar-refractivity contribution is 5.79. The second-order valence-corrected chi connectivity index (χ2v) is 9.12. The molecule has 1 aliphatic heterocycles. The molecule has 0 aromatic carbocycles. The minimum absolute atomic E-state index is 0.104. The normalized spacial score (nSPS) is 17.8. The largest absolute Gasteiger partial charge is 0.468 e. The molecule has 1 unspecified atom stereocenters. The number of nitrogens with one attached hydrogen (secondary N) is 1. The Hall–Kier alpha value is -2.24. The lowest BCUT2D eigenvalue weighted by Crippen LogP contribution is -2.48. The van der Waals surface area contributed by atoms with Gasteiger partial charge in [0.2, 0.25) is 5.91 Å². The Morgan fingerprint density at radius 2 is 1.24 bits per heavy atom. The number of methoxy groups -OCH3 is 3. The van der Waals surface area contributed by atoms with Gasteiger partial charge in [-0.3, -0.25) is 33.9 Å². The van der Waals surface area contributed by atoms with Crippen LogP contribution in [0, 0.1) is 0 Å². The van der Waals surface area contributed by atoms with E-state index in [-0.39, 0.29) is 42.9 Å². The van der Waals surface area contributed by atoms with Gasteiger partial charge < -0.3 is 19.5 Å². The first-order valence-electron chi connectivity index (χ1n) is 11.2. The maximum Gasteiger partial charge on any atom is 0.323 e.